The third-order valence-corrected chi connectivity index (χ3v) is 7.75. The van der Waals surface area contributed by atoms with E-state index in [9.17, 15) is 14.4 Å². The monoisotopic (exact) mass is 567 g/mol. The average Bonchev–Trinajstić information content (AvgIpc) is 3.43. The second kappa shape index (κ2) is 12.8. The summed E-state index contributed by atoms with van der Waals surface area (Å²) >= 11 is 4.79. The minimum Gasteiger partial charge on any atom is -0.444 e. The molecule has 0 atom stereocenters. The summed E-state index contributed by atoms with van der Waals surface area (Å²) in [7, 11) is 0. The van der Waals surface area contributed by atoms with Gasteiger partial charge in [0.05, 0.1) is 11.2 Å². The number of rotatable bonds is 5. The quantitative estimate of drug-likeness (QED) is 0.340. The molecule has 0 saturated carbocycles. The highest BCUT2D eigenvalue weighted by molar-refractivity contribution is 7.25. The van der Waals surface area contributed by atoms with Gasteiger partial charge in [-0.3, -0.25) is 15.0 Å². The van der Waals surface area contributed by atoms with Crippen LogP contribution >= 0.6 is 34.2 Å². The predicted molar refractivity (Wildman–Crippen MR) is 153 cm³/mol. The number of carbonyl (C=O) groups excluding carboxylic acids is 3. The first kappa shape index (κ1) is 30.7. The molecule has 0 aliphatic rings. The number of hydrogen-bond acceptors (Lipinski definition) is 9. The zero-order valence-corrected chi connectivity index (χ0v) is 25.5. The molecular weight excluding hydrogens is 531 g/mol. The molecule has 3 amide bonds. The summed E-state index contributed by atoms with van der Waals surface area (Å²) in [5.41, 5.74) is 1.18. The Morgan fingerprint density at radius 3 is 2.24 bits per heavy atom. The van der Waals surface area contributed by atoms with E-state index in [0.717, 1.165) is 32.9 Å². The van der Waals surface area contributed by atoms with Gasteiger partial charge < -0.3 is 9.47 Å². The largest absolute Gasteiger partial charge is 0.444 e. The second-order valence-electron chi connectivity index (χ2n) is 10.4. The van der Waals surface area contributed by atoms with Gasteiger partial charge in [0.25, 0.3) is 0 Å². The molecule has 0 radical (unpaired) electrons. The molecule has 3 rings (SSSR count). The van der Waals surface area contributed by atoms with Crippen molar-refractivity contribution in [2.24, 2.45) is 0 Å². The van der Waals surface area contributed by atoms with Crippen molar-refractivity contribution in [1.82, 2.24) is 9.69 Å². The van der Waals surface area contributed by atoms with Crippen LogP contribution in [0.5, 0.6) is 0 Å². The number of aromatic nitrogens is 1. The van der Waals surface area contributed by atoms with E-state index in [1.807, 2.05) is 43.6 Å². The van der Waals surface area contributed by atoms with Gasteiger partial charge in [0.1, 0.15) is 21.7 Å². The highest BCUT2D eigenvalue weighted by Crippen LogP contribution is 2.41. The van der Waals surface area contributed by atoms with Gasteiger partial charge in [-0.25, -0.2) is 9.59 Å². The molecule has 37 heavy (non-hydrogen) atoms. The van der Waals surface area contributed by atoms with Gasteiger partial charge in [0, 0.05) is 16.7 Å². The molecular formula is C26H37N3O5S3. The van der Waals surface area contributed by atoms with Crippen molar-refractivity contribution in [3.63, 3.8) is 0 Å². The standard InChI is InChI=1S/C19H24N2O2S3.C7H13NO3/c1-6-8-14-12(2)15-16(25-14)17(26-20-15)21(11-13-9-7-10-24-13)18(22)23-19(3,4)5;1-5(9)8-6(10)11-7(2,3)4/h7,9-10H,6,8,11H2,1-5H3;1-4H3,(H,8,9,10). The molecule has 0 unspecified atom stereocenters. The number of alkyl carbamates (subject to hydrolysis) is 1. The Bertz CT molecular complexity index is 1200. The maximum atomic E-state index is 12.9. The van der Waals surface area contributed by atoms with Crippen LogP contribution in [-0.2, 0) is 27.2 Å². The van der Waals surface area contributed by atoms with E-state index in [-0.39, 0.29) is 6.09 Å². The third-order valence-electron chi connectivity index (χ3n) is 4.54. The molecule has 0 aliphatic heterocycles. The van der Waals surface area contributed by atoms with E-state index in [2.05, 4.69) is 18.2 Å². The van der Waals surface area contributed by atoms with Gasteiger partial charge in [-0.1, -0.05) is 19.4 Å². The van der Waals surface area contributed by atoms with Crippen molar-refractivity contribution >= 4 is 67.5 Å². The number of thiophene rings is 2. The molecule has 3 aromatic rings. The van der Waals surface area contributed by atoms with Crippen molar-refractivity contribution < 1.29 is 23.9 Å². The minimum atomic E-state index is -0.704. The lowest BCUT2D eigenvalue weighted by Crippen LogP contribution is -2.36. The van der Waals surface area contributed by atoms with Crippen molar-refractivity contribution in [3.8, 4) is 0 Å². The number of imide groups is 1. The molecule has 0 saturated heterocycles. The number of ether oxygens (including phenoxy) is 2. The molecule has 3 aromatic heterocycles. The molecule has 0 spiro atoms. The fourth-order valence-corrected chi connectivity index (χ4v) is 6.22. The van der Waals surface area contributed by atoms with E-state index >= 15 is 0 Å². The van der Waals surface area contributed by atoms with E-state index in [4.69, 9.17) is 9.47 Å². The SMILES string of the molecule is CC(=O)NC(=O)OC(C)(C)C.CCCc1sc2c(N(Cc3cccs3)C(=O)OC(C)(C)C)snc2c1C. The number of fused-ring (bicyclic) bond motifs is 1. The normalized spacial score (nSPS) is 11.5. The van der Waals surface area contributed by atoms with Gasteiger partial charge in [0.2, 0.25) is 5.91 Å². The first-order valence-corrected chi connectivity index (χ1v) is 14.5. The lowest BCUT2D eigenvalue weighted by Gasteiger charge is -2.26. The number of nitrogens with zero attached hydrogens (tertiary/aromatic N) is 2. The Hall–Kier alpha value is -2.50. The van der Waals surface area contributed by atoms with Crippen molar-refractivity contribution in [1.29, 1.82) is 0 Å². The van der Waals surface area contributed by atoms with Crippen molar-refractivity contribution in [2.45, 2.75) is 92.9 Å². The summed E-state index contributed by atoms with van der Waals surface area (Å²) < 4.78 is 16.2. The van der Waals surface area contributed by atoms with Crippen LogP contribution in [0.25, 0.3) is 10.2 Å². The van der Waals surface area contributed by atoms with Crippen LogP contribution in [0.2, 0.25) is 0 Å². The van der Waals surface area contributed by atoms with Crippen LogP contribution in [0.15, 0.2) is 17.5 Å². The average molecular weight is 568 g/mol. The molecule has 0 aromatic carbocycles. The predicted octanol–water partition coefficient (Wildman–Crippen LogP) is 7.68. The number of nitrogens with one attached hydrogen (secondary N) is 1. The van der Waals surface area contributed by atoms with E-state index in [0.29, 0.717) is 6.54 Å². The van der Waals surface area contributed by atoms with Crippen molar-refractivity contribution in [3.05, 3.63) is 32.8 Å². The van der Waals surface area contributed by atoms with Crippen LogP contribution in [-0.4, -0.2) is 33.7 Å². The summed E-state index contributed by atoms with van der Waals surface area (Å²) in [6.45, 7) is 16.9. The topological polar surface area (TPSA) is 97.8 Å². The molecule has 0 bridgehead atoms. The second-order valence-corrected chi connectivity index (χ2v) is 13.3. The zero-order valence-electron chi connectivity index (χ0n) is 23.0. The highest BCUT2D eigenvalue weighted by atomic mass is 32.1. The minimum absolute atomic E-state index is 0.320. The van der Waals surface area contributed by atoms with E-state index < -0.39 is 23.2 Å². The van der Waals surface area contributed by atoms with Crippen LogP contribution in [0, 0.1) is 6.92 Å². The number of hydrogen-bond donors (Lipinski definition) is 1. The van der Waals surface area contributed by atoms with Crippen LogP contribution in [0.3, 0.4) is 0 Å². The number of aryl methyl sites for hydroxylation is 2. The molecule has 8 nitrogen and oxygen atoms in total. The molecule has 11 heteroatoms. The fraction of sp³-hybridized carbons (Fsp3) is 0.538. The summed E-state index contributed by atoms with van der Waals surface area (Å²) in [5, 5.41) is 4.91. The van der Waals surface area contributed by atoms with Crippen molar-refractivity contribution in [2.75, 3.05) is 4.90 Å². The summed E-state index contributed by atoms with van der Waals surface area (Å²) in [6, 6.07) is 4.05. The smallest absolute Gasteiger partial charge is 0.415 e. The lowest BCUT2D eigenvalue weighted by molar-refractivity contribution is -0.118. The maximum absolute atomic E-state index is 12.9. The Morgan fingerprint density at radius 1 is 1.08 bits per heavy atom. The van der Waals surface area contributed by atoms with Gasteiger partial charge in [0.15, 0.2) is 0 Å². The first-order valence-electron chi connectivity index (χ1n) is 12.0. The molecule has 204 valence electrons. The van der Waals surface area contributed by atoms with Crippen LogP contribution < -0.4 is 10.2 Å². The number of amides is 3. The Morgan fingerprint density at radius 2 is 1.73 bits per heavy atom. The lowest BCUT2D eigenvalue weighted by atomic mass is 10.2. The van der Waals surface area contributed by atoms with E-state index in [1.54, 1.807) is 48.3 Å². The number of carbonyl (C=O) groups is 3. The third kappa shape index (κ3) is 9.71. The van der Waals surface area contributed by atoms with Gasteiger partial charge in [-0.15, -0.1) is 22.7 Å². The van der Waals surface area contributed by atoms with Crippen LogP contribution in [0.1, 0.15) is 77.1 Å². The first-order chi connectivity index (χ1) is 17.1. The summed E-state index contributed by atoms with van der Waals surface area (Å²) in [5.74, 6) is -0.417. The molecule has 0 fully saturated rings. The zero-order chi connectivity index (χ0) is 28.0. The molecule has 1 N–H and O–H groups in total. The van der Waals surface area contributed by atoms with Gasteiger partial charge >= 0.3 is 12.2 Å². The summed E-state index contributed by atoms with van der Waals surface area (Å²) in [4.78, 5) is 38.2. The molecule has 3 heterocycles. The maximum Gasteiger partial charge on any atom is 0.415 e. The Kier molecular flexibility index (Phi) is 10.7. The van der Waals surface area contributed by atoms with E-state index in [1.165, 1.54) is 28.9 Å². The summed E-state index contributed by atoms with van der Waals surface area (Å²) in [6.07, 6.45) is 1.13. The highest BCUT2D eigenvalue weighted by Gasteiger charge is 2.28. The Labute approximate surface area is 231 Å². The number of anilines is 1. The fourth-order valence-electron chi connectivity index (χ4n) is 3.12. The Balaban J connectivity index is 0.000000371. The van der Waals surface area contributed by atoms with Gasteiger partial charge in [-0.2, -0.15) is 4.37 Å². The van der Waals surface area contributed by atoms with Crippen LogP contribution in [0.4, 0.5) is 14.6 Å². The van der Waals surface area contributed by atoms with Gasteiger partial charge in [-0.05, 0) is 83.4 Å². The molecule has 0 aliphatic carbocycles.